The highest BCUT2D eigenvalue weighted by molar-refractivity contribution is 5.82. The molecule has 1 amide bonds. The molecule has 4 nitrogen and oxygen atoms in total. The van der Waals surface area contributed by atoms with Crippen molar-refractivity contribution in [1.29, 1.82) is 0 Å². The molecule has 4 rings (SSSR count). The third-order valence-corrected chi connectivity index (χ3v) is 6.50. The third-order valence-electron chi connectivity index (χ3n) is 6.50. The number of likely N-dealkylation sites (tertiary alicyclic amines) is 1. The first kappa shape index (κ1) is 20.7. The molecule has 0 bridgehead atoms. The highest BCUT2D eigenvalue weighted by Crippen LogP contribution is 2.26. The lowest BCUT2D eigenvalue weighted by Crippen LogP contribution is -2.45. The average Bonchev–Trinajstić information content (AvgIpc) is 3.13. The number of aromatic nitrogens is 1. The lowest BCUT2D eigenvalue weighted by Gasteiger charge is -2.34. The number of carbonyl (C=O) groups is 1. The Bertz CT molecular complexity index is 960. The van der Waals surface area contributed by atoms with Gasteiger partial charge in [0.15, 0.2) is 0 Å². The maximum atomic E-state index is 12.9. The molecule has 2 aromatic rings. The van der Waals surface area contributed by atoms with Crippen molar-refractivity contribution in [1.82, 2.24) is 14.4 Å². The van der Waals surface area contributed by atoms with Crippen molar-refractivity contribution < 1.29 is 4.79 Å². The summed E-state index contributed by atoms with van der Waals surface area (Å²) in [6.07, 6.45) is 11.5. The van der Waals surface area contributed by atoms with E-state index >= 15 is 0 Å². The van der Waals surface area contributed by atoms with E-state index in [-0.39, 0.29) is 5.91 Å². The summed E-state index contributed by atoms with van der Waals surface area (Å²) in [5, 5.41) is 1.27. The largest absolute Gasteiger partial charge is 0.341 e. The number of hydrogen-bond acceptors (Lipinski definition) is 2. The van der Waals surface area contributed by atoms with Crippen molar-refractivity contribution in [2.75, 3.05) is 26.2 Å². The van der Waals surface area contributed by atoms with Crippen LogP contribution < -0.4 is 0 Å². The molecule has 2 aliphatic rings. The summed E-state index contributed by atoms with van der Waals surface area (Å²) in [7, 11) is 0. The molecule has 158 valence electrons. The van der Waals surface area contributed by atoms with Crippen LogP contribution in [0.1, 0.15) is 31.9 Å². The van der Waals surface area contributed by atoms with E-state index in [0.29, 0.717) is 6.54 Å². The van der Waals surface area contributed by atoms with Gasteiger partial charge in [-0.1, -0.05) is 54.7 Å². The molecule has 0 radical (unpaired) electrons. The molecular weight excluding hydrogens is 370 g/mol. The maximum Gasteiger partial charge on any atom is 0.237 e. The number of fused-ring (bicyclic) bond motifs is 3. The molecule has 1 saturated heterocycles. The first-order valence-corrected chi connectivity index (χ1v) is 11.2. The smallest absolute Gasteiger partial charge is 0.237 e. The monoisotopic (exact) mass is 403 g/mol. The molecule has 0 N–H and O–H groups in total. The Morgan fingerprint density at radius 1 is 1.13 bits per heavy atom. The Hall–Kier alpha value is -2.59. The highest BCUT2D eigenvalue weighted by atomic mass is 16.2. The first-order chi connectivity index (χ1) is 14.6. The fourth-order valence-corrected chi connectivity index (χ4v) is 4.83. The molecule has 3 heterocycles. The Balaban J connectivity index is 1.27. The fraction of sp³-hybridized carbons (Fsp3) is 0.423. The van der Waals surface area contributed by atoms with Crippen LogP contribution in [-0.4, -0.2) is 46.5 Å². The van der Waals surface area contributed by atoms with Crippen molar-refractivity contribution in [3.8, 4) is 0 Å². The summed E-state index contributed by atoms with van der Waals surface area (Å²) in [5.41, 5.74) is 3.96. The quantitative estimate of drug-likeness (QED) is 0.650. The van der Waals surface area contributed by atoms with Crippen LogP contribution in [0, 0.1) is 5.92 Å². The van der Waals surface area contributed by atoms with Gasteiger partial charge in [0, 0.05) is 24.3 Å². The van der Waals surface area contributed by atoms with Gasteiger partial charge < -0.3 is 9.47 Å². The van der Waals surface area contributed by atoms with Gasteiger partial charge in [-0.05, 0) is 62.7 Å². The first-order valence-electron chi connectivity index (χ1n) is 11.2. The van der Waals surface area contributed by atoms with Gasteiger partial charge in [0.25, 0.3) is 0 Å². The van der Waals surface area contributed by atoms with Crippen molar-refractivity contribution in [3.05, 3.63) is 72.5 Å². The van der Waals surface area contributed by atoms with Crippen molar-refractivity contribution in [3.63, 3.8) is 0 Å². The van der Waals surface area contributed by atoms with Crippen molar-refractivity contribution >= 4 is 16.8 Å². The van der Waals surface area contributed by atoms with Crippen LogP contribution in [0.4, 0.5) is 0 Å². The van der Waals surface area contributed by atoms with E-state index in [1.165, 1.54) is 35.0 Å². The van der Waals surface area contributed by atoms with E-state index in [1.54, 1.807) is 6.08 Å². The van der Waals surface area contributed by atoms with E-state index < -0.39 is 0 Å². The predicted octanol–water partition coefficient (Wildman–Crippen LogP) is 4.77. The van der Waals surface area contributed by atoms with Gasteiger partial charge in [-0.15, -0.1) is 0 Å². The number of amides is 1. The van der Waals surface area contributed by atoms with Gasteiger partial charge >= 0.3 is 0 Å². The zero-order valence-corrected chi connectivity index (χ0v) is 18.1. The molecule has 0 aliphatic carbocycles. The van der Waals surface area contributed by atoms with Crippen molar-refractivity contribution in [2.24, 2.45) is 5.92 Å². The van der Waals surface area contributed by atoms with Crippen LogP contribution in [0.2, 0.25) is 0 Å². The third kappa shape index (κ3) is 4.76. The molecular formula is C26H33N3O. The molecule has 0 spiro atoms. The Kier molecular flexibility index (Phi) is 6.53. The van der Waals surface area contributed by atoms with Crippen LogP contribution >= 0.6 is 0 Å². The molecule has 0 unspecified atom stereocenters. The van der Waals surface area contributed by atoms with Gasteiger partial charge in [0.05, 0.1) is 13.1 Å². The molecule has 0 saturated carbocycles. The molecule has 2 aliphatic heterocycles. The van der Waals surface area contributed by atoms with Crippen LogP contribution in [0.15, 0.2) is 66.8 Å². The second kappa shape index (κ2) is 9.48. The number of rotatable bonds is 6. The topological polar surface area (TPSA) is 28.5 Å². The zero-order chi connectivity index (χ0) is 20.9. The summed E-state index contributed by atoms with van der Waals surface area (Å²) in [6, 6.07) is 10.7. The van der Waals surface area contributed by atoms with Gasteiger partial charge in [0.1, 0.15) is 0 Å². The van der Waals surface area contributed by atoms with Gasteiger partial charge in [0.2, 0.25) is 5.91 Å². The van der Waals surface area contributed by atoms with E-state index in [1.807, 2.05) is 11.0 Å². The van der Waals surface area contributed by atoms with Crippen LogP contribution in [-0.2, 0) is 17.9 Å². The van der Waals surface area contributed by atoms with E-state index in [9.17, 15) is 4.79 Å². The number of para-hydroxylation sites is 1. The second-order valence-corrected chi connectivity index (χ2v) is 8.72. The maximum absolute atomic E-state index is 12.9. The number of hydrogen-bond donors (Lipinski definition) is 0. The van der Waals surface area contributed by atoms with E-state index in [4.69, 9.17) is 0 Å². The van der Waals surface area contributed by atoms with Gasteiger partial charge in [-0.3, -0.25) is 9.69 Å². The minimum atomic E-state index is 0.274. The summed E-state index contributed by atoms with van der Waals surface area (Å²) in [4.78, 5) is 17.3. The van der Waals surface area contributed by atoms with E-state index in [2.05, 4.69) is 65.5 Å². The Morgan fingerprint density at radius 3 is 2.73 bits per heavy atom. The standard InChI is InChI=1S/C26H33N3O/c1-3-4-5-8-21(2)17-22-11-13-27(14-12-22)20-26(30)28-15-16-29-24(19-28)18-23-9-6-7-10-25(23)29/h3-10,18,22H,1,11-17,19-20H2,2H3/b5-4-,21-8+. The molecule has 30 heavy (non-hydrogen) atoms. The lowest BCUT2D eigenvalue weighted by atomic mass is 9.90. The molecule has 1 aromatic heterocycles. The number of allylic oxidation sites excluding steroid dienone is 5. The summed E-state index contributed by atoms with van der Waals surface area (Å²) < 4.78 is 2.37. The van der Waals surface area contributed by atoms with Crippen molar-refractivity contribution in [2.45, 2.75) is 39.3 Å². The summed E-state index contributed by atoms with van der Waals surface area (Å²) >= 11 is 0. The number of benzene rings is 1. The zero-order valence-electron chi connectivity index (χ0n) is 18.1. The predicted molar refractivity (Wildman–Crippen MR) is 124 cm³/mol. The van der Waals surface area contributed by atoms with Crippen LogP contribution in [0.25, 0.3) is 10.9 Å². The minimum Gasteiger partial charge on any atom is -0.341 e. The van der Waals surface area contributed by atoms with Gasteiger partial charge in [-0.25, -0.2) is 0 Å². The Labute approximate surface area is 180 Å². The normalized spacial score (nSPS) is 18.8. The molecule has 4 heteroatoms. The minimum absolute atomic E-state index is 0.274. The fourth-order valence-electron chi connectivity index (χ4n) is 4.83. The number of piperidine rings is 1. The van der Waals surface area contributed by atoms with Gasteiger partial charge in [-0.2, -0.15) is 0 Å². The number of carbonyl (C=O) groups excluding carboxylic acids is 1. The SMILES string of the molecule is C=C/C=C\C=C(/C)CC1CCN(CC(=O)N2CCn3c(cc4ccccc43)C2)CC1. The Morgan fingerprint density at radius 2 is 1.93 bits per heavy atom. The highest BCUT2D eigenvalue weighted by Gasteiger charge is 2.26. The van der Waals surface area contributed by atoms with Crippen LogP contribution in [0.5, 0.6) is 0 Å². The summed E-state index contributed by atoms with van der Waals surface area (Å²) in [5.74, 6) is 1.01. The van der Waals surface area contributed by atoms with E-state index in [0.717, 1.165) is 45.1 Å². The molecule has 1 fully saturated rings. The average molecular weight is 404 g/mol. The molecule has 1 aromatic carbocycles. The summed E-state index contributed by atoms with van der Waals surface area (Å²) in [6.45, 7) is 11.0. The number of nitrogens with zero attached hydrogens (tertiary/aromatic N) is 3. The second-order valence-electron chi connectivity index (χ2n) is 8.72. The molecule has 0 atom stereocenters. The van der Waals surface area contributed by atoms with Crippen LogP contribution in [0.3, 0.4) is 0 Å². The lowest BCUT2D eigenvalue weighted by molar-refractivity contribution is -0.134.